The van der Waals surface area contributed by atoms with Crippen molar-refractivity contribution in [1.82, 2.24) is 14.5 Å². The number of aromatic nitrogens is 2. The van der Waals surface area contributed by atoms with Gasteiger partial charge < -0.3 is 4.90 Å². The summed E-state index contributed by atoms with van der Waals surface area (Å²) in [6.45, 7) is 2.37. The average Bonchev–Trinajstić information content (AvgIpc) is 2.65. The SMILES string of the molecule is C[C@H]1C(=O)N2Cc3ccccc3C[C@H]2c2nc3ccccc3c(=O)n21. The Balaban J connectivity index is 1.78. The summed E-state index contributed by atoms with van der Waals surface area (Å²) < 4.78 is 1.60. The molecular formula is C20H17N3O2. The van der Waals surface area contributed by atoms with Crippen molar-refractivity contribution in [1.29, 1.82) is 0 Å². The lowest BCUT2D eigenvalue weighted by Crippen LogP contribution is -2.51. The highest BCUT2D eigenvalue weighted by Crippen LogP contribution is 2.37. The molecular weight excluding hydrogens is 314 g/mol. The molecule has 0 N–H and O–H groups in total. The highest BCUT2D eigenvalue weighted by Gasteiger charge is 2.41. The third-order valence-electron chi connectivity index (χ3n) is 5.41. The second-order valence-corrected chi connectivity index (χ2v) is 6.79. The zero-order valence-corrected chi connectivity index (χ0v) is 13.8. The molecule has 0 bridgehead atoms. The maximum absolute atomic E-state index is 13.0. The van der Waals surface area contributed by atoms with E-state index in [2.05, 4.69) is 12.1 Å². The van der Waals surface area contributed by atoms with Crippen LogP contribution in [0.1, 0.15) is 36.0 Å². The minimum absolute atomic E-state index is 0.00816. The summed E-state index contributed by atoms with van der Waals surface area (Å²) in [5.41, 5.74) is 2.97. The first-order valence-electron chi connectivity index (χ1n) is 8.53. The van der Waals surface area contributed by atoms with Crippen molar-refractivity contribution < 1.29 is 4.79 Å². The summed E-state index contributed by atoms with van der Waals surface area (Å²) in [4.78, 5) is 32.6. The van der Waals surface area contributed by atoms with Crippen LogP contribution in [0.5, 0.6) is 0 Å². The quantitative estimate of drug-likeness (QED) is 0.636. The van der Waals surface area contributed by atoms with Crippen LogP contribution in [0.3, 0.4) is 0 Å². The average molecular weight is 331 g/mol. The summed E-state index contributed by atoms with van der Waals surface area (Å²) in [6, 6.07) is 14.8. The molecule has 5 rings (SSSR count). The maximum Gasteiger partial charge on any atom is 0.262 e. The number of para-hydroxylation sites is 1. The molecule has 5 nitrogen and oxygen atoms in total. The molecule has 0 radical (unpaired) electrons. The molecule has 3 aromatic rings. The number of amides is 1. The van der Waals surface area contributed by atoms with Gasteiger partial charge >= 0.3 is 0 Å². The fourth-order valence-electron chi connectivity index (χ4n) is 4.11. The molecule has 124 valence electrons. The molecule has 1 amide bonds. The molecule has 25 heavy (non-hydrogen) atoms. The monoisotopic (exact) mass is 331 g/mol. The van der Waals surface area contributed by atoms with E-state index in [9.17, 15) is 9.59 Å². The van der Waals surface area contributed by atoms with Crippen LogP contribution in [0, 0.1) is 0 Å². The first-order valence-corrected chi connectivity index (χ1v) is 8.53. The van der Waals surface area contributed by atoms with Gasteiger partial charge in [-0.15, -0.1) is 0 Å². The van der Waals surface area contributed by atoms with Gasteiger partial charge in [-0.25, -0.2) is 4.98 Å². The number of nitrogens with zero attached hydrogens (tertiary/aromatic N) is 3. The Morgan fingerprint density at radius 2 is 1.72 bits per heavy atom. The minimum atomic E-state index is -0.527. The number of hydrogen-bond acceptors (Lipinski definition) is 3. The topological polar surface area (TPSA) is 55.2 Å². The Morgan fingerprint density at radius 3 is 2.56 bits per heavy atom. The van der Waals surface area contributed by atoms with Crippen molar-refractivity contribution in [3.05, 3.63) is 75.8 Å². The second kappa shape index (κ2) is 5.02. The lowest BCUT2D eigenvalue weighted by Gasteiger charge is -2.43. The number of carbonyl (C=O) groups excluding carboxylic acids is 1. The predicted octanol–water partition coefficient (Wildman–Crippen LogP) is 2.60. The van der Waals surface area contributed by atoms with E-state index in [4.69, 9.17) is 4.98 Å². The van der Waals surface area contributed by atoms with Crippen LogP contribution < -0.4 is 5.56 Å². The van der Waals surface area contributed by atoms with Gasteiger partial charge in [-0.1, -0.05) is 36.4 Å². The van der Waals surface area contributed by atoms with Crippen molar-refractivity contribution in [2.24, 2.45) is 0 Å². The smallest absolute Gasteiger partial charge is 0.262 e. The van der Waals surface area contributed by atoms with Crippen molar-refractivity contribution in [3.63, 3.8) is 0 Å². The first-order chi connectivity index (χ1) is 12.1. The standard InChI is InChI=1S/C20H17N3O2/c1-12-19(24)22-11-14-7-3-2-6-13(14)10-17(22)18-21-16-9-5-4-8-15(16)20(25)23(12)18/h2-9,12,17H,10-11H2,1H3/t12-,17-/m0/s1. The number of hydrogen-bond donors (Lipinski definition) is 0. The third-order valence-corrected chi connectivity index (χ3v) is 5.41. The number of benzene rings is 2. The molecule has 0 saturated heterocycles. The zero-order chi connectivity index (χ0) is 17.1. The molecule has 1 aromatic heterocycles. The minimum Gasteiger partial charge on any atom is -0.326 e. The van der Waals surface area contributed by atoms with Crippen molar-refractivity contribution in [3.8, 4) is 0 Å². The summed E-state index contributed by atoms with van der Waals surface area (Å²) >= 11 is 0. The highest BCUT2D eigenvalue weighted by molar-refractivity contribution is 5.84. The van der Waals surface area contributed by atoms with Crippen molar-refractivity contribution >= 4 is 16.8 Å². The molecule has 0 unspecified atom stereocenters. The fraction of sp³-hybridized carbons (Fsp3) is 0.250. The predicted molar refractivity (Wildman–Crippen MR) is 94.2 cm³/mol. The molecule has 0 spiro atoms. The molecule has 0 fully saturated rings. The molecule has 2 aliphatic heterocycles. The van der Waals surface area contributed by atoms with Gasteiger partial charge in [-0.3, -0.25) is 14.2 Å². The van der Waals surface area contributed by atoms with Gasteiger partial charge in [0.05, 0.1) is 16.9 Å². The van der Waals surface area contributed by atoms with Gasteiger partial charge in [0.2, 0.25) is 5.91 Å². The van der Waals surface area contributed by atoms with Crippen LogP contribution in [0.25, 0.3) is 10.9 Å². The summed E-state index contributed by atoms with van der Waals surface area (Å²) in [5.74, 6) is 0.691. The Hall–Kier alpha value is -2.95. The summed E-state index contributed by atoms with van der Waals surface area (Å²) in [7, 11) is 0. The highest BCUT2D eigenvalue weighted by atomic mass is 16.2. The molecule has 3 heterocycles. The van der Waals surface area contributed by atoms with Gasteiger partial charge in [-0.05, 0) is 30.2 Å². The molecule has 0 saturated carbocycles. The van der Waals surface area contributed by atoms with Gasteiger partial charge in [0.15, 0.2) is 0 Å². The van der Waals surface area contributed by atoms with Crippen LogP contribution in [-0.4, -0.2) is 20.4 Å². The first kappa shape index (κ1) is 14.4. The second-order valence-electron chi connectivity index (χ2n) is 6.79. The van der Waals surface area contributed by atoms with E-state index < -0.39 is 6.04 Å². The van der Waals surface area contributed by atoms with Gasteiger partial charge in [0.25, 0.3) is 5.56 Å². The van der Waals surface area contributed by atoms with E-state index in [0.717, 1.165) is 0 Å². The van der Waals surface area contributed by atoms with Crippen molar-refractivity contribution in [2.75, 3.05) is 0 Å². The molecule has 2 atom stereocenters. The molecule has 5 heteroatoms. The lowest BCUT2D eigenvalue weighted by atomic mass is 9.91. The Morgan fingerprint density at radius 1 is 1.00 bits per heavy atom. The number of fused-ring (bicyclic) bond motifs is 5. The van der Waals surface area contributed by atoms with E-state index in [0.29, 0.717) is 29.7 Å². The number of rotatable bonds is 0. The van der Waals surface area contributed by atoms with Crippen LogP contribution in [-0.2, 0) is 17.8 Å². The Kier molecular flexibility index (Phi) is 2.89. The van der Waals surface area contributed by atoms with E-state index in [1.54, 1.807) is 17.6 Å². The zero-order valence-electron chi connectivity index (χ0n) is 13.8. The number of carbonyl (C=O) groups is 1. The van der Waals surface area contributed by atoms with E-state index in [-0.39, 0.29) is 17.5 Å². The summed E-state index contributed by atoms with van der Waals surface area (Å²) in [6.07, 6.45) is 0.694. The summed E-state index contributed by atoms with van der Waals surface area (Å²) in [5, 5.41) is 0.565. The maximum atomic E-state index is 13.0. The van der Waals surface area contributed by atoms with Crippen LogP contribution in [0.15, 0.2) is 53.3 Å². The van der Waals surface area contributed by atoms with Gasteiger partial charge in [-0.2, -0.15) is 0 Å². The van der Waals surface area contributed by atoms with Crippen LogP contribution in [0.4, 0.5) is 0 Å². The molecule has 0 aliphatic carbocycles. The molecule has 2 aliphatic rings. The van der Waals surface area contributed by atoms with E-state index in [1.807, 2.05) is 35.2 Å². The largest absolute Gasteiger partial charge is 0.326 e. The van der Waals surface area contributed by atoms with Crippen molar-refractivity contribution in [2.45, 2.75) is 32.0 Å². The lowest BCUT2D eigenvalue weighted by molar-refractivity contribution is -0.141. The molecule has 2 aromatic carbocycles. The third kappa shape index (κ3) is 1.92. The Bertz CT molecular complexity index is 1090. The van der Waals surface area contributed by atoms with E-state index >= 15 is 0 Å². The van der Waals surface area contributed by atoms with Gasteiger partial charge in [0, 0.05) is 13.0 Å². The fourth-order valence-corrected chi connectivity index (χ4v) is 4.11. The van der Waals surface area contributed by atoms with Crippen LogP contribution in [0.2, 0.25) is 0 Å². The normalized spacial score (nSPS) is 21.6. The van der Waals surface area contributed by atoms with Gasteiger partial charge in [0.1, 0.15) is 11.9 Å². The van der Waals surface area contributed by atoms with E-state index in [1.165, 1.54) is 11.1 Å². The Labute approximate surface area is 144 Å². The van der Waals surface area contributed by atoms with Crippen LogP contribution >= 0.6 is 0 Å².